The Hall–Kier alpha value is -1.49. The summed E-state index contributed by atoms with van der Waals surface area (Å²) in [6.07, 6.45) is 1.21. The maximum absolute atomic E-state index is 11.2. The number of aryl methyl sites for hydroxylation is 1. The topological polar surface area (TPSA) is 66.4 Å². The van der Waals surface area contributed by atoms with E-state index in [1.54, 1.807) is 6.92 Å². The SMILES string of the molecule is CC(Sc1ccc2c(c1)CCC(=O)N2)C(=O)O. The van der Waals surface area contributed by atoms with Crippen molar-refractivity contribution < 1.29 is 14.7 Å². The van der Waals surface area contributed by atoms with Crippen molar-refractivity contribution in [2.45, 2.75) is 29.9 Å². The molecule has 0 radical (unpaired) electrons. The number of carbonyl (C=O) groups is 2. The largest absolute Gasteiger partial charge is 0.480 e. The van der Waals surface area contributed by atoms with Gasteiger partial charge >= 0.3 is 5.97 Å². The Balaban J connectivity index is 2.16. The van der Waals surface area contributed by atoms with Gasteiger partial charge in [-0.2, -0.15) is 0 Å². The van der Waals surface area contributed by atoms with E-state index < -0.39 is 11.2 Å². The number of carboxylic acid groups (broad SMARTS) is 1. The van der Waals surface area contributed by atoms with Crippen molar-refractivity contribution in [3.8, 4) is 0 Å². The first kappa shape index (κ1) is 12.0. The van der Waals surface area contributed by atoms with Crippen molar-refractivity contribution in [1.29, 1.82) is 0 Å². The Morgan fingerprint density at radius 2 is 2.24 bits per heavy atom. The summed E-state index contributed by atoms with van der Waals surface area (Å²) in [5.41, 5.74) is 1.92. The van der Waals surface area contributed by atoms with Gasteiger partial charge in [0.15, 0.2) is 0 Å². The van der Waals surface area contributed by atoms with Crippen LogP contribution in [0.25, 0.3) is 0 Å². The minimum atomic E-state index is -0.818. The summed E-state index contributed by atoms with van der Waals surface area (Å²) >= 11 is 1.31. The molecule has 2 N–H and O–H groups in total. The van der Waals surface area contributed by atoms with Gasteiger partial charge in [-0.05, 0) is 37.1 Å². The molecule has 1 unspecified atom stereocenters. The van der Waals surface area contributed by atoms with Crippen molar-refractivity contribution in [2.75, 3.05) is 5.32 Å². The zero-order valence-corrected chi connectivity index (χ0v) is 10.2. The van der Waals surface area contributed by atoms with Crippen molar-refractivity contribution in [1.82, 2.24) is 0 Å². The molecule has 4 nitrogen and oxygen atoms in total. The first-order chi connectivity index (χ1) is 8.06. The molecule has 1 heterocycles. The summed E-state index contributed by atoms with van der Waals surface area (Å²) in [4.78, 5) is 22.9. The average Bonchev–Trinajstić information content (AvgIpc) is 2.29. The first-order valence-corrected chi connectivity index (χ1v) is 6.26. The highest BCUT2D eigenvalue weighted by molar-refractivity contribution is 8.00. The maximum atomic E-state index is 11.2. The van der Waals surface area contributed by atoms with E-state index >= 15 is 0 Å². The smallest absolute Gasteiger partial charge is 0.316 e. The lowest BCUT2D eigenvalue weighted by atomic mass is 10.0. The third-order valence-electron chi connectivity index (χ3n) is 2.63. The molecule has 2 rings (SSSR count). The minimum Gasteiger partial charge on any atom is -0.480 e. The molecule has 0 saturated carbocycles. The van der Waals surface area contributed by atoms with Gasteiger partial charge in [-0.3, -0.25) is 9.59 Å². The Bertz CT molecular complexity index is 473. The predicted octanol–water partition coefficient (Wildman–Crippen LogP) is 2.14. The van der Waals surface area contributed by atoms with Crippen molar-refractivity contribution in [3.63, 3.8) is 0 Å². The van der Waals surface area contributed by atoms with Crippen LogP contribution in [0, 0.1) is 0 Å². The van der Waals surface area contributed by atoms with E-state index in [0.29, 0.717) is 6.42 Å². The molecule has 0 aromatic heterocycles. The van der Waals surface area contributed by atoms with Crippen molar-refractivity contribution >= 4 is 29.3 Å². The molecule has 1 atom stereocenters. The molecule has 0 fully saturated rings. The zero-order chi connectivity index (χ0) is 12.4. The summed E-state index contributed by atoms with van der Waals surface area (Å²) in [6.45, 7) is 1.66. The van der Waals surface area contributed by atoms with Crippen LogP contribution in [-0.4, -0.2) is 22.2 Å². The van der Waals surface area contributed by atoms with Gasteiger partial charge in [-0.15, -0.1) is 11.8 Å². The number of rotatable bonds is 3. The van der Waals surface area contributed by atoms with E-state index in [-0.39, 0.29) is 5.91 Å². The number of benzene rings is 1. The molecule has 1 aliphatic heterocycles. The molecule has 0 bridgehead atoms. The first-order valence-electron chi connectivity index (χ1n) is 5.38. The second-order valence-electron chi connectivity index (χ2n) is 3.97. The fourth-order valence-corrected chi connectivity index (χ4v) is 2.55. The fraction of sp³-hybridized carbons (Fsp3) is 0.333. The van der Waals surface area contributed by atoms with E-state index in [1.807, 2.05) is 18.2 Å². The number of hydrogen-bond donors (Lipinski definition) is 2. The molecule has 0 saturated heterocycles. The summed E-state index contributed by atoms with van der Waals surface area (Å²) in [6, 6.07) is 5.64. The normalized spacial score (nSPS) is 15.9. The monoisotopic (exact) mass is 251 g/mol. The Kier molecular flexibility index (Phi) is 3.38. The molecule has 1 aromatic carbocycles. The van der Waals surface area contributed by atoms with Crippen LogP contribution in [0.3, 0.4) is 0 Å². The predicted molar refractivity (Wildman–Crippen MR) is 66.3 cm³/mol. The summed E-state index contributed by atoms with van der Waals surface area (Å²) < 4.78 is 0. The number of aliphatic carboxylic acids is 1. The number of carbonyl (C=O) groups excluding carboxylic acids is 1. The second kappa shape index (κ2) is 4.79. The zero-order valence-electron chi connectivity index (χ0n) is 9.40. The average molecular weight is 251 g/mol. The highest BCUT2D eigenvalue weighted by atomic mass is 32.2. The van der Waals surface area contributed by atoms with Crippen molar-refractivity contribution in [3.05, 3.63) is 23.8 Å². The molecule has 1 amide bonds. The van der Waals surface area contributed by atoms with E-state index in [9.17, 15) is 9.59 Å². The molecule has 0 spiro atoms. The molecular weight excluding hydrogens is 238 g/mol. The van der Waals surface area contributed by atoms with Gasteiger partial charge in [0.2, 0.25) is 5.91 Å². The summed E-state index contributed by atoms with van der Waals surface area (Å²) in [7, 11) is 0. The highest BCUT2D eigenvalue weighted by Gasteiger charge is 2.17. The summed E-state index contributed by atoms with van der Waals surface area (Å²) in [5.74, 6) is -0.780. The Morgan fingerprint density at radius 1 is 1.47 bits per heavy atom. The van der Waals surface area contributed by atoms with Crippen LogP contribution in [0.15, 0.2) is 23.1 Å². The molecule has 90 valence electrons. The second-order valence-corrected chi connectivity index (χ2v) is 5.38. The summed E-state index contributed by atoms with van der Waals surface area (Å²) in [5, 5.41) is 11.2. The number of carboxylic acids is 1. The van der Waals surface area contributed by atoms with Gasteiger partial charge in [0.05, 0.1) is 0 Å². The fourth-order valence-electron chi connectivity index (χ4n) is 1.69. The third kappa shape index (κ3) is 2.79. The molecule has 17 heavy (non-hydrogen) atoms. The number of anilines is 1. The lowest BCUT2D eigenvalue weighted by Crippen LogP contribution is -2.19. The van der Waals surface area contributed by atoms with E-state index in [2.05, 4.69) is 5.32 Å². The Morgan fingerprint density at radius 3 is 2.94 bits per heavy atom. The number of fused-ring (bicyclic) bond motifs is 1. The standard InChI is InChI=1S/C12H13NO3S/c1-7(12(15)16)17-9-3-4-10-8(6-9)2-5-11(14)13-10/h3-4,6-7H,2,5H2,1H3,(H,13,14)(H,15,16). The van der Waals surface area contributed by atoms with Gasteiger partial charge in [0.1, 0.15) is 5.25 Å². The lowest BCUT2D eigenvalue weighted by molar-refractivity contribution is -0.136. The number of hydrogen-bond acceptors (Lipinski definition) is 3. The van der Waals surface area contributed by atoms with Crippen LogP contribution >= 0.6 is 11.8 Å². The van der Waals surface area contributed by atoms with Gasteiger partial charge in [0, 0.05) is 17.0 Å². The van der Waals surface area contributed by atoms with Crippen LogP contribution in [0.2, 0.25) is 0 Å². The van der Waals surface area contributed by atoms with E-state index in [0.717, 1.165) is 22.6 Å². The number of amides is 1. The lowest BCUT2D eigenvalue weighted by Gasteiger charge is -2.17. The molecule has 5 heteroatoms. The van der Waals surface area contributed by atoms with Crippen LogP contribution in [-0.2, 0) is 16.0 Å². The quantitative estimate of drug-likeness (QED) is 0.808. The van der Waals surface area contributed by atoms with E-state index in [1.165, 1.54) is 11.8 Å². The highest BCUT2D eigenvalue weighted by Crippen LogP contribution is 2.30. The number of thioether (sulfide) groups is 1. The van der Waals surface area contributed by atoms with Gasteiger partial charge in [0.25, 0.3) is 0 Å². The van der Waals surface area contributed by atoms with Gasteiger partial charge in [-0.25, -0.2) is 0 Å². The number of nitrogens with one attached hydrogen (secondary N) is 1. The molecule has 0 aliphatic carbocycles. The van der Waals surface area contributed by atoms with Crippen LogP contribution in [0.5, 0.6) is 0 Å². The van der Waals surface area contributed by atoms with Gasteiger partial charge < -0.3 is 10.4 Å². The van der Waals surface area contributed by atoms with Crippen LogP contribution < -0.4 is 5.32 Å². The molecule has 1 aromatic rings. The van der Waals surface area contributed by atoms with E-state index in [4.69, 9.17) is 5.11 Å². The minimum absolute atomic E-state index is 0.0387. The third-order valence-corrected chi connectivity index (χ3v) is 3.71. The van der Waals surface area contributed by atoms with Gasteiger partial charge in [-0.1, -0.05) is 0 Å². The Labute approximate surface area is 103 Å². The molecule has 1 aliphatic rings. The maximum Gasteiger partial charge on any atom is 0.316 e. The van der Waals surface area contributed by atoms with Crippen molar-refractivity contribution in [2.24, 2.45) is 0 Å². The van der Waals surface area contributed by atoms with Crippen LogP contribution in [0.4, 0.5) is 5.69 Å². The molecular formula is C12H13NO3S. The van der Waals surface area contributed by atoms with Crippen LogP contribution in [0.1, 0.15) is 18.9 Å².